The highest BCUT2D eigenvalue weighted by atomic mass is 35.5. The zero-order valence-electron chi connectivity index (χ0n) is 9.45. The number of aromatic nitrogens is 1. The minimum Gasteiger partial charge on any atom is -0.310 e. The third kappa shape index (κ3) is 3.34. The van der Waals surface area contributed by atoms with Gasteiger partial charge in [-0.2, -0.15) is 0 Å². The first kappa shape index (κ1) is 13.8. The van der Waals surface area contributed by atoms with Gasteiger partial charge in [-0.25, -0.2) is 4.98 Å². The second-order valence-electron chi connectivity index (χ2n) is 4.35. The van der Waals surface area contributed by atoms with Crippen LogP contribution in [-0.4, -0.2) is 11.0 Å². The summed E-state index contributed by atoms with van der Waals surface area (Å²) >= 11 is 5.99. The fourth-order valence-electron chi connectivity index (χ4n) is 2.24. The zero-order valence-corrected chi connectivity index (χ0v) is 11.0. The number of nitrogens with zero attached hydrogens (tertiary/aromatic N) is 1. The Bertz CT molecular complexity index is 331. The number of rotatable bonds is 3. The van der Waals surface area contributed by atoms with Crippen molar-refractivity contribution in [2.45, 2.75) is 38.8 Å². The molecule has 1 aromatic heterocycles. The maximum atomic E-state index is 5.99. The normalized spacial score (nSPS) is 24.1. The number of pyridine rings is 1. The van der Waals surface area contributed by atoms with Crippen molar-refractivity contribution in [3.63, 3.8) is 0 Å². The molecule has 0 amide bonds. The molecular formula is C12H18Cl2N2. The molecule has 0 bridgehead atoms. The van der Waals surface area contributed by atoms with Gasteiger partial charge in [-0.1, -0.05) is 31.0 Å². The summed E-state index contributed by atoms with van der Waals surface area (Å²) in [6, 6.07) is 4.62. The third-order valence-electron chi connectivity index (χ3n) is 3.25. The molecule has 16 heavy (non-hydrogen) atoms. The van der Waals surface area contributed by atoms with Crippen LogP contribution in [0.15, 0.2) is 18.3 Å². The van der Waals surface area contributed by atoms with Crippen molar-refractivity contribution in [2.75, 3.05) is 0 Å². The predicted molar refractivity (Wildman–Crippen MR) is 70.1 cm³/mol. The van der Waals surface area contributed by atoms with E-state index in [1.807, 2.05) is 12.1 Å². The quantitative estimate of drug-likeness (QED) is 0.843. The first-order valence-corrected chi connectivity index (χ1v) is 5.98. The van der Waals surface area contributed by atoms with Gasteiger partial charge in [0.2, 0.25) is 0 Å². The Hall–Kier alpha value is -0.310. The summed E-state index contributed by atoms with van der Waals surface area (Å²) < 4.78 is 0. The molecule has 0 aromatic carbocycles. The van der Waals surface area contributed by atoms with Crippen molar-refractivity contribution in [2.24, 2.45) is 5.92 Å². The zero-order chi connectivity index (χ0) is 10.7. The standard InChI is InChI=1S/C12H17ClN2.ClH/c1-9-4-2-6-11(9)15-8-10-5-3-7-14-12(10)13;/h3,5,7,9,11,15H,2,4,6,8H2,1H3;1H. The smallest absolute Gasteiger partial charge is 0.133 e. The van der Waals surface area contributed by atoms with E-state index < -0.39 is 0 Å². The minimum atomic E-state index is 0. The van der Waals surface area contributed by atoms with Crippen molar-refractivity contribution in [1.82, 2.24) is 10.3 Å². The lowest BCUT2D eigenvalue weighted by molar-refractivity contribution is 0.426. The number of hydrogen-bond donors (Lipinski definition) is 1. The van der Waals surface area contributed by atoms with Gasteiger partial charge in [-0.3, -0.25) is 0 Å². The highest BCUT2D eigenvalue weighted by molar-refractivity contribution is 6.30. The molecule has 1 aromatic rings. The SMILES string of the molecule is CC1CCCC1NCc1cccnc1Cl.Cl. The molecule has 4 heteroatoms. The molecule has 1 aliphatic carbocycles. The Morgan fingerprint density at radius 2 is 2.31 bits per heavy atom. The molecule has 1 fully saturated rings. The van der Waals surface area contributed by atoms with E-state index in [4.69, 9.17) is 11.6 Å². The Kier molecular flexibility index (Phi) is 5.53. The molecule has 0 radical (unpaired) electrons. The summed E-state index contributed by atoms with van der Waals surface area (Å²) in [7, 11) is 0. The van der Waals surface area contributed by atoms with Gasteiger partial charge in [-0.15, -0.1) is 12.4 Å². The minimum absolute atomic E-state index is 0. The van der Waals surface area contributed by atoms with Gasteiger partial charge in [-0.05, 0) is 24.8 Å². The van der Waals surface area contributed by atoms with Crippen molar-refractivity contribution in [1.29, 1.82) is 0 Å². The molecule has 90 valence electrons. The average molecular weight is 261 g/mol. The van der Waals surface area contributed by atoms with Crippen LogP contribution in [0, 0.1) is 5.92 Å². The molecule has 1 aliphatic rings. The lowest BCUT2D eigenvalue weighted by Gasteiger charge is -2.17. The summed E-state index contributed by atoms with van der Waals surface area (Å²) in [4.78, 5) is 4.07. The second-order valence-corrected chi connectivity index (χ2v) is 4.71. The van der Waals surface area contributed by atoms with E-state index in [-0.39, 0.29) is 12.4 Å². The fourth-order valence-corrected chi connectivity index (χ4v) is 2.43. The monoisotopic (exact) mass is 260 g/mol. The predicted octanol–water partition coefficient (Wildman–Crippen LogP) is 3.44. The van der Waals surface area contributed by atoms with Crippen LogP contribution in [0.25, 0.3) is 0 Å². The van der Waals surface area contributed by atoms with Crippen LogP contribution < -0.4 is 5.32 Å². The van der Waals surface area contributed by atoms with Crippen LogP contribution >= 0.6 is 24.0 Å². The summed E-state index contributed by atoms with van der Waals surface area (Å²) in [6.45, 7) is 3.15. The van der Waals surface area contributed by atoms with Gasteiger partial charge < -0.3 is 5.32 Å². The van der Waals surface area contributed by atoms with E-state index in [1.54, 1.807) is 6.20 Å². The number of nitrogens with one attached hydrogen (secondary N) is 1. The maximum absolute atomic E-state index is 5.99. The van der Waals surface area contributed by atoms with Crippen molar-refractivity contribution in [3.05, 3.63) is 29.0 Å². The number of halogens is 2. The molecule has 1 saturated carbocycles. The number of hydrogen-bond acceptors (Lipinski definition) is 2. The molecular weight excluding hydrogens is 243 g/mol. The van der Waals surface area contributed by atoms with Crippen LogP contribution in [0.2, 0.25) is 5.15 Å². The summed E-state index contributed by atoms with van der Waals surface area (Å²) in [5.74, 6) is 0.792. The Morgan fingerprint density at radius 3 is 2.94 bits per heavy atom. The Morgan fingerprint density at radius 1 is 1.50 bits per heavy atom. The van der Waals surface area contributed by atoms with E-state index in [0.29, 0.717) is 11.2 Å². The highest BCUT2D eigenvalue weighted by Gasteiger charge is 2.22. The molecule has 1 N–H and O–H groups in total. The Labute approximate surface area is 108 Å². The van der Waals surface area contributed by atoms with Crippen LogP contribution in [0.3, 0.4) is 0 Å². The van der Waals surface area contributed by atoms with Gasteiger partial charge in [0.15, 0.2) is 0 Å². The largest absolute Gasteiger partial charge is 0.310 e. The van der Waals surface area contributed by atoms with Gasteiger partial charge in [0.25, 0.3) is 0 Å². The van der Waals surface area contributed by atoms with Crippen molar-refractivity contribution >= 4 is 24.0 Å². The van der Waals surface area contributed by atoms with E-state index in [0.717, 1.165) is 18.0 Å². The van der Waals surface area contributed by atoms with E-state index in [2.05, 4.69) is 17.2 Å². The molecule has 1 heterocycles. The molecule has 0 spiro atoms. The molecule has 2 unspecified atom stereocenters. The summed E-state index contributed by atoms with van der Waals surface area (Å²) in [5, 5.41) is 4.19. The summed E-state index contributed by atoms with van der Waals surface area (Å²) in [6.07, 6.45) is 5.71. The Balaban J connectivity index is 0.00000128. The maximum Gasteiger partial charge on any atom is 0.133 e. The molecule has 2 nitrogen and oxygen atoms in total. The molecule has 0 aliphatic heterocycles. The average Bonchev–Trinajstić information content (AvgIpc) is 2.63. The molecule has 2 rings (SSSR count). The lowest BCUT2D eigenvalue weighted by atomic mass is 10.1. The fraction of sp³-hybridized carbons (Fsp3) is 0.583. The van der Waals surface area contributed by atoms with Gasteiger partial charge >= 0.3 is 0 Å². The van der Waals surface area contributed by atoms with E-state index in [1.165, 1.54) is 19.3 Å². The van der Waals surface area contributed by atoms with Crippen molar-refractivity contribution < 1.29 is 0 Å². The molecule has 0 saturated heterocycles. The first-order chi connectivity index (χ1) is 7.27. The van der Waals surface area contributed by atoms with Crippen LogP contribution in [0.5, 0.6) is 0 Å². The van der Waals surface area contributed by atoms with Crippen LogP contribution in [-0.2, 0) is 6.54 Å². The van der Waals surface area contributed by atoms with Crippen LogP contribution in [0.1, 0.15) is 31.7 Å². The van der Waals surface area contributed by atoms with Gasteiger partial charge in [0.1, 0.15) is 5.15 Å². The highest BCUT2D eigenvalue weighted by Crippen LogP contribution is 2.25. The first-order valence-electron chi connectivity index (χ1n) is 5.60. The van der Waals surface area contributed by atoms with Gasteiger partial charge in [0.05, 0.1) is 0 Å². The molecule has 2 atom stereocenters. The third-order valence-corrected chi connectivity index (χ3v) is 3.59. The van der Waals surface area contributed by atoms with E-state index in [9.17, 15) is 0 Å². The van der Waals surface area contributed by atoms with Crippen LogP contribution in [0.4, 0.5) is 0 Å². The van der Waals surface area contributed by atoms with Gasteiger partial charge in [0, 0.05) is 24.3 Å². The van der Waals surface area contributed by atoms with Crippen molar-refractivity contribution in [3.8, 4) is 0 Å². The topological polar surface area (TPSA) is 24.9 Å². The summed E-state index contributed by atoms with van der Waals surface area (Å²) in [5.41, 5.74) is 1.10. The lowest BCUT2D eigenvalue weighted by Crippen LogP contribution is -2.30. The second kappa shape index (κ2) is 6.43. The van der Waals surface area contributed by atoms with E-state index >= 15 is 0 Å².